The fourth-order valence-electron chi connectivity index (χ4n) is 6.44. The second-order valence-corrected chi connectivity index (χ2v) is 17.6. The van der Waals surface area contributed by atoms with Gasteiger partial charge in [0.05, 0.1) is 18.9 Å². The second-order valence-electron chi connectivity index (χ2n) is 15.1. The topological polar surface area (TPSA) is 76.1 Å². The Balaban J connectivity index is 2.14. The molecule has 0 fully saturated rings. The van der Waals surface area contributed by atoms with Gasteiger partial charge in [-0.15, -0.1) is 0 Å². The van der Waals surface area contributed by atoms with Gasteiger partial charge < -0.3 is 14.6 Å². The van der Waals surface area contributed by atoms with Crippen LogP contribution in [0.4, 0.5) is 0 Å². The first-order valence-corrected chi connectivity index (χ1v) is 25.1. The quantitative estimate of drug-likeness (QED) is 0.0398. The van der Waals surface area contributed by atoms with Gasteiger partial charge in [-0.05, 0) is 81.3 Å². The van der Waals surface area contributed by atoms with Crippen molar-refractivity contribution in [2.24, 2.45) is 0 Å². The van der Waals surface area contributed by atoms with Gasteiger partial charge >= 0.3 is 11.9 Å². The van der Waals surface area contributed by atoms with Gasteiger partial charge in [0.1, 0.15) is 13.2 Å². The molecule has 1 rings (SSSR count). The third-order valence-electron chi connectivity index (χ3n) is 9.96. The van der Waals surface area contributed by atoms with Crippen molar-refractivity contribution in [2.75, 3.05) is 55.9 Å². The minimum atomic E-state index is -0.708. The predicted octanol–water partition coefficient (Wildman–Crippen LogP) is 13.1. The molecule has 0 amide bonds. The maximum atomic E-state index is 12.6. The maximum Gasteiger partial charge on any atom is 0.307 e. The van der Waals surface area contributed by atoms with Crippen molar-refractivity contribution < 1.29 is 24.2 Å². The highest BCUT2D eigenvalue weighted by Gasteiger charge is 2.17. The zero-order valence-electron chi connectivity index (χ0n) is 36.0. The highest BCUT2D eigenvalue weighted by atomic mass is 32.2. The number of ether oxygens (including phenoxy) is 2. The zero-order chi connectivity index (χ0) is 40.4. The summed E-state index contributed by atoms with van der Waals surface area (Å²) in [4.78, 5) is 27.1. The minimum absolute atomic E-state index is 0.225. The van der Waals surface area contributed by atoms with Gasteiger partial charge in [0, 0.05) is 31.1 Å². The van der Waals surface area contributed by atoms with Crippen LogP contribution in [0, 0.1) is 0 Å². The van der Waals surface area contributed by atoms with E-state index in [9.17, 15) is 14.7 Å². The smallest absolute Gasteiger partial charge is 0.307 e. The van der Waals surface area contributed by atoms with Gasteiger partial charge in [-0.1, -0.05) is 146 Å². The number of aliphatic hydroxyl groups excluding tert-OH is 1. The highest BCUT2D eigenvalue weighted by molar-refractivity contribution is 7.99. The molecule has 1 atom stereocenters. The lowest BCUT2D eigenvalue weighted by molar-refractivity contribution is -0.143. The van der Waals surface area contributed by atoms with Gasteiger partial charge in [0.25, 0.3) is 0 Å². The number of rotatable bonds is 41. The standard InChI is InChI=1S/C48H83NO5S2/c1-3-5-7-9-11-13-15-17-19-21-23-25-30-40-55-42-38-53-47(51)34-36-49(44-46(50)45-32-28-27-29-33-45)37-35-48(52)54-39-43-56-41-31-26-24-22-20-18-16-14-12-10-8-6-4-2/h11-14,27-29,32-33,46,50H,3-10,15-26,30-31,34-44H2,1-2H3/b13-11+,14-12+. The normalized spacial score (nSPS) is 12.3. The molecule has 0 aliphatic rings. The van der Waals surface area contributed by atoms with Gasteiger partial charge in [0.2, 0.25) is 0 Å². The number of thioether (sulfide) groups is 2. The van der Waals surface area contributed by atoms with Crippen molar-refractivity contribution in [2.45, 2.75) is 174 Å². The summed E-state index contributed by atoms with van der Waals surface area (Å²) >= 11 is 3.71. The van der Waals surface area contributed by atoms with Gasteiger partial charge in [0.15, 0.2) is 0 Å². The molecule has 0 spiro atoms. The van der Waals surface area contributed by atoms with Gasteiger partial charge in [-0.3, -0.25) is 14.5 Å². The molecule has 0 saturated heterocycles. The number of carbonyl (C=O) groups excluding carboxylic acids is 2. The largest absolute Gasteiger partial charge is 0.465 e. The van der Waals surface area contributed by atoms with Crippen molar-refractivity contribution in [3.63, 3.8) is 0 Å². The van der Waals surface area contributed by atoms with E-state index < -0.39 is 6.10 Å². The van der Waals surface area contributed by atoms with Crippen LogP contribution in [0.15, 0.2) is 54.6 Å². The van der Waals surface area contributed by atoms with Crippen LogP contribution in [-0.2, 0) is 19.1 Å². The fourth-order valence-corrected chi connectivity index (χ4v) is 8.07. The summed E-state index contributed by atoms with van der Waals surface area (Å²) in [5, 5.41) is 10.9. The molecule has 0 radical (unpaired) electrons. The molecule has 6 nitrogen and oxygen atoms in total. The SMILES string of the molecule is CCCCC/C=C/CCCCCCCCSCCOC(=O)CCN(CCC(=O)OCCSCCCCCCCC/C=C/CCCCC)CC(O)c1ccccc1. The fraction of sp³-hybridized carbons (Fsp3) is 0.750. The molecule has 0 bridgehead atoms. The van der Waals surface area contributed by atoms with Gasteiger partial charge in [-0.25, -0.2) is 0 Å². The third kappa shape index (κ3) is 35.4. The number of benzene rings is 1. The number of nitrogens with zero attached hydrogens (tertiary/aromatic N) is 1. The first-order chi connectivity index (χ1) is 27.6. The number of hydrogen-bond donors (Lipinski definition) is 1. The van der Waals surface area contributed by atoms with E-state index in [1.807, 2.05) is 58.8 Å². The van der Waals surface area contributed by atoms with E-state index in [1.54, 1.807) is 0 Å². The van der Waals surface area contributed by atoms with Gasteiger partial charge in [-0.2, -0.15) is 23.5 Å². The van der Waals surface area contributed by atoms with Crippen molar-refractivity contribution in [3.8, 4) is 0 Å². The lowest BCUT2D eigenvalue weighted by atomic mass is 10.1. The number of allylic oxidation sites excluding steroid dienone is 4. The van der Waals surface area contributed by atoms with Crippen LogP contribution in [0.5, 0.6) is 0 Å². The van der Waals surface area contributed by atoms with Crippen molar-refractivity contribution in [1.29, 1.82) is 0 Å². The van der Waals surface area contributed by atoms with Crippen LogP contribution in [0.25, 0.3) is 0 Å². The summed E-state index contributed by atoms with van der Waals surface area (Å²) in [7, 11) is 0. The molecule has 1 unspecified atom stereocenters. The van der Waals surface area contributed by atoms with E-state index >= 15 is 0 Å². The maximum absolute atomic E-state index is 12.6. The summed E-state index contributed by atoms with van der Waals surface area (Å²) in [6.45, 7) is 6.53. The lowest BCUT2D eigenvalue weighted by Gasteiger charge is -2.24. The zero-order valence-corrected chi connectivity index (χ0v) is 37.6. The molecule has 0 heterocycles. The summed E-state index contributed by atoms with van der Waals surface area (Å²) in [6.07, 6.45) is 37.5. The third-order valence-corrected chi connectivity index (χ3v) is 12.0. The monoisotopic (exact) mass is 818 g/mol. The highest BCUT2D eigenvalue weighted by Crippen LogP contribution is 2.16. The van der Waals surface area contributed by atoms with E-state index in [2.05, 4.69) is 38.2 Å². The molecule has 1 aromatic carbocycles. The summed E-state index contributed by atoms with van der Waals surface area (Å²) < 4.78 is 11.0. The minimum Gasteiger partial charge on any atom is -0.465 e. The molecule has 1 aromatic rings. The first kappa shape index (κ1) is 52.3. The van der Waals surface area contributed by atoms with E-state index in [1.165, 1.54) is 141 Å². The second kappa shape index (κ2) is 41.4. The van der Waals surface area contributed by atoms with Crippen molar-refractivity contribution >= 4 is 35.5 Å². The average molecular weight is 818 g/mol. The van der Waals surface area contributed by atoms with E-state index in [0.717, 1.165) is 28.6 Å². The molecule has 322 valence electrons. The summed E-state index contributed by atoms with van der Waals surface area (Å²) in [6, 6.07) is 9.52. The molecule has 0 aliphatic carbocycles. The molecule has 0 aliphatic heterocycles. The van der Waals surface area contributed by atoms with Crippen LogP contribution in [-0.4, -0.2) is 77.8 Å². The van der Waals surface area contributed by atoms with E-state index in [4.69, 9.17) is 9.47 Å². The lowest BCUT2D eigenvalue weighted by Crippen LogP contribution is -2.33. The Hall–Kier alpha value is -1.74. The Morgan fingerprint density at radius 3 is 1.39 bits per heavy atom. The number of carbonyl (C=O) groups is 2. The van der Waals surface area contributed by atoms with Crippen LogP contribution in [0.2, 0.25) is 0 Å². The molecule has 8 heteroatoms. The summed E-state index contributed by atoms with van der Waals surface area (Å²) in [5.41, 5.74) is 0.818. The van der Waals surface area contributed by atoms with Crippen LogP contribution >= 0.6 is 23.5 Å². The number of hydrogen-bond acceptors (Lipinski definition) is 8. The van der Waals surface area contributed by atoms with E-state index in [-0.39, 0.29) is 24.8 Å². The molecule has 0 saturated carbocycles. The predicted molar refractivity (Wildman–Crippen MR) is 245 cm³/mol. The van der Waals surface area contributed by atoms with Crippen molar-refractivity contribution in [1.82, 2.24) is 4.90 Å². The van der Waals surface area contributed by atoms with Crippen LogP contribution in [0.3, 0.4) is 0 Å². The van der Waals surface area contributed by atoms with Crippen LogP contribution in [0.1, 0.15) is 180 Å². The Labute approximate surface area is 353 Å². The molecule has 1 N–H and O–H groups in total. The van der Waals surface area contributed by atoms with Crippen molar-refractivity contribution in [3.05, 3.63) is 60.2 Å². The Morgan fingerprint density at radius 2 is 0.964 bits per heavy atom. The van der Waals surface area contributed by atoms with E-state index in [0.29, 0.717) is 32.8 Å². The Kier molecular flexibility index (Phi) is 38.7. The molecular weight excluding hydrogens is 735 g/mol. The molecule has 56 heavy (non-hydrogen) atoms. The van der Waals surface area contributed by atoms with Crippen LogP contribution < -0.4 is 0 Å². The number of unbranched alkanes of at least 4 members (excludes halogenated alkanes) is 18. The summed E-state index contributed by atoms with van der Waals surface area (Å²) in [5.74, 6) is 3.37. The Morgan fingerprint density at radius 1 is 0.571 bits per heavy atom. The Bertz CT molecular complexity index is 1010. The first-order valence-electron chi connectivity index (χ1n) is 22.8. The average Bonchev–Trinajstić information content (AvgIpc) is 3.21. The number of aliphatic hydroxyl groups is 1. The molecule has 0 aromatic heterocycles. The number of esters is 2. The molecular formula is C48H83NO5S2.